The highest BCUT2D eigenvalue weighted by Crippen LogP contribution is 2.73. The van der Waals surface area contributed by atoms with Gasteiger partial charge < -0.3 is 28.6 Å². The quantitative estimate of drug-likeness (QED) is 0.272. The van der Waals surface area contributed by atoms with Crippen molar-refractivity contribution in [3.63, 3.8) is 0 Å². The van der Waals surface area contributed by atoms with E-state index in [-0.39, 0.29) is 30.0 Å². The first-order chi connectivity index (χ1) is 20.8. The Hall–Kier alpha value is -3.98. The molecule has 0 amide bonds. The average Bonchev–Trinajstić information content (AvgIpc) is 3.43. The third kappa shape index (κ3) is 3.37. The Labute approximate surface area is 252 Å². The Balaban J connectivity index is 1.35. The fourth-order valence-electron chi connectivity index (χ4n) is 9.66. The summed E-state index contributed by atoms with van der Waals surface area (Å²) in [5, 5.41) is 0. The van der Waals surface area contributed by atoms with E-state index >= 15 is 0 Å². The number of nitrogens with zero attached hydrogens (tertiary/aromatic N) is 2. The van der Waals surface area contributed by atoms with Crippen LogP contribution in [-0.4, -0.2) is 83.1 Å². The molecule has 2 aromatic rings. The number of piperidine rings is 4. The predicted octanol–water partition coefficient (Wildman–Crippen LogP) is 3.99. The predicted molar refractivity (Wildman–Crippen MR) is 161 cm³/mol. The molecule has 5 aliphatic heterocycles. The molecule has 0 radical (unpaired) electrons. The second kappa shape index (κ2) is 9.77. The molecule has 4 saturated heterocycles. The molecule has 0 aromatic heterocycles. The Morgan fingerprint density at radius 2 is 1.74 bits per heavy atom. The summed E-state index contributed by atoms with van der Waals surface area (Å²) in [6.45, 7) is 2.87. The lowest BCUT2D eigenvalue weighted by molar-refractivity contribution is -0.186. The maximum absolute atomic E-state index is 14.2. The van der Waals surface area contributed by atoms with Crippen LogP contribution in [0.2, 0.25) is 0 Å². The molecule has 1 unspecified atom stereocenters. The fourth-order valence-corrected chi connectivity index (χ4v) is 9.66. The number of para-hydroxylation sites is 1. The van der Waals surface area contributed by atoms with Crippen molar-refractivity contribution >= 4 is 23.7 Å². The van der Waals surface area contributed by atoms with Crippen molar-refractivity contribution in [2.75, 3.05) is 46.9 Å². The monoisotopic (exact) mass is 586 g/mol. The summed E-state index contributed by atoms with van der Waals surface area (Å²) in [5.74, 6) is 0.576. The van der Waals surface area contributed by atoms with Crippen LogP contribution < -0.4 is 19.1 Å². The first kappa shape index (κ1) is 27.8. The molecule has 9 nitrogen and oxygen atoms in total. The fraction of sp³-hybridized carbons (Fsp3) is 0.471. The number of hydrogen-bond acceptors (Lipinski definition) is 9. The van der Waals surface area contributed by atoms with Crippen LogP contribution in [0.25, 0.3) is 6.08 Å². The van der Waals surface area contributed by atoms with E-state index in [9.17, 15) is 9.59 Å². The second-order valence-electron chi connectivity index (χ2n) is 12.3. The van der Waals surface area contributed by atoms with Crippen LogP contribution >= 0.6 is 0 Å². The Bertz CT molecular complexity index is 1540. The number of carbonyl (C=O) groups is 2. The molecule has 8 rings (SSSR count). The topological polar surface area (TPSA) is 86.8 Å². The molecule has 1 spiro atoms. The summed E-state index contributed by atoms with van der Waals surface area (Å²) in [6.07, 6.45) is 6.08. The van der Waals surface area contributed by atoms with Gasteiger partial charge in [-0.15, -0.1) is 0 Å². The Kier molecular flexibility index (Phi) is 6.32. The number of esters is 2. The van der Waals surface area contributed by atoms with Crippen molar-refractivity contribution in [3.8, 4) is 17.2 Å². The third-order valence-corrected chi connectivity index (χ3v) is 11.0. The number of carbonyl (C=O) groups excluding carboxylic acids is 2. The average molecular weight is 587 g/mol. The second-order valence-corrected chi connectivity index (χ2v) is 12.3. The van der Waals surface area contributed by atoms with E-state index < -0.39 is 22.9 Å². The van der Waals surface area contributed by atoms with E-state index in [0.29, 0.717) is 22.8 Å². The van der Waals surface area contributed by atoms with Crippen molar-refractivity contribution in [2.24, 2.45) is 11.3 Å². The van der Waals surface area contributed by atoms with Gasteiger partial charge in [0.05, 0.1) is 39.9 Å². The van der Waals surface area contributed by atoms with Gasteiger partial charge >= 0.3 is 11.9 Å². The highest BCUT2D eigenvalue weighted by Gasteiger charge is 2.84. The van der Waals surface area contributed by atoms with Gasteiger partial charge in [-0.3, -0.25) is 9.69 Å². The molecule has 5 fully saturated rings. The van der Waals surface area contributed by atoms with E-state index in [2.05, 4.69) is 41.1 Å². The number of rotatable bonds is 7. The van der Waals surface area contributed by atoms with E-state index in [1.807, 2.05) is 13.0 Å². The van der Waals surface area contributed by atoms with Crippen molar-refractivity contribution in [1.82, 2.24) is 4.90 Å². The molecular weight excluding hydrogens is 548 g/mol. The zero-order chi connectivity index (χ0) is 30.3. The van der Waals surface area contributed by atoms with Crippen LogP contribution in [0.5, 0.6) is 17.2 Å². The minimum absolute atomic E-state index is 0.0626. The number of allylic oxidation sites excluding steroid dienone is 1. The molecule has 5 heterocycles. The number of ether oxygens (including phenoxy) is 5. The van der Waals surface area contributed by atoms with Gasteiger partial charge in [-0.05, 0) is 55.2 Å². The summed E-state index contributed by atoms with van der Waals surface area (Å²) in [5.41, 5.74) is 2.65. The Morgan fingerprint density at radius 1 is 1.02 bits per heavy atom. The van der Waals surface area contributed by atoms with Crippen LogP contribution in [0.1, 0.15) is 30.9 Å². The summed E-state index contributed by atoms with van der Waals surface area (Å²) in [4.78, 5) is 32.9. The summed E-state index contributed by atoms with van der Waals surface area (Å²) in [6, 6.07) is 12.2. The minimum Gasteiger partial charge on any atom is -0.493 e. The van der Waals surface area contributed by atoms with Gasteiger partial charge in [0, 0.05) is 43.4 Å². The van der Waals surface area contributed by atoms with Crippen molar-refractivity contribution in [2.45, 2.75) is 49.4 Å². The molecule has 1 aliphatic carbocycles. The number of anilines is 1. The lowest BCUT2D eigenvalue weighted by Gasteiger charge is -2.61. The van der Waals surface area contributed by atoms with E-state index in [4.69, 9.17) is 23.7 Å². The maximum atomic E-state index is 14.2. The molecular formula is C34H38N2O7. The minimum atomic E-state index is -1.01. The summed E-state index contributed by atoms with van der Waals surface area (Å²) in [7, 11) is 8.24. The zero-order valence-corrected chi connectivity index (χ0v) is 25.5. The SMILES string of the molecule is CC=C1CN2[C@H]3C[C@@]45c6ccccc6N(C)[C@@H]4[C@@H]2C[C@@H]1[C@]3(C(=O)OC)[C@H]5OC(=O)C=Cc1cc(OC)c(OC)c(OC)c1. The first-order valence-electron chi connectivity index (χ1n) is 14.8. The lowest BCUT2D eigenvalue weighted by atomic mass is 9.58. The van der Waals surface area contributed by atoms with E-state index in [1.54, 1.807) is 39.5 Å². The van der Waals surface area contributed by atoms with Crippen molar-refractivity contribution < 1.29 is 33.3 Å². The number of benzene rings is 2. The molecule has 6 bridgehead atoms. The first-order valence-corrected chi connectivity index (χ1v) is 14.8. The van der Waals surface area contributed by atoms with Gasteiger partial charge in [0.2, 0.25) is 5.75 Å². The summed E-state index contributed by atoms with van der Waals surface area (Å²) < 4.78 is 28.7. The molecule has 8 atom stereocenters. The maximum Gasteiger partial charge on any atom is 0.331 e. The number of methoxy groups -OCH3 is 4. The molecule has 2 aromatic carbocycles. The van der Waals surface area contributed by atoms with Gasteiger partial charge in [0.15, 0.2) is 11.5 Å². The van der Waals surface area contributed by atoms with Crippen LogP contribution in [0.4, 0.5) is 5.69 Å². The van der Waals surface area contributed by atoms with Crippen LogP contribution in [0, 0.1) is 11.3 Å². The van der Waals surface area contributed by atoms with Crippen LogP contribution in [0.15, 0.2) is 54.1 Å². The normalized spacial score (nSPS) is 35.2. The molecule has 9 heteroatoms. The van der Waals surface area contributed by atoms with Crippen LogP contribution in [-0.2, 0) is 24.5 Å². The molecule has 1 saturated carbocycles. The highest BCUT2D eigenvalue weighted by atomic mass is 16.6. The van der Waals surface area contributed by atoms with Gasteiger partial charge in [-0.1, -0.05) is 29.8 Å². The van der Waals surface area contributed by atoms with E-state index in [1.165, 1.54) is 18.8 Å². The van der Waals surface area contributed by atoms with Crippen molar-refractivity contribution in [3.05, 3.63) is 65.3 Å². The van der Waals surface area contributed by atoms with Gasteiger partial charge in [-0.25, -0.2) is 4.79 Å². The van der Waals surface area contributed by atoms with Gasteiger partial charge in [0.1, 0.15) is 11.5 Å². The molecule has 0 N–H and O–H groups in total. The van der Waals surface area contributed by atoms with Gasteiger partial charge in [-0.2, -0.15) is 0 Å². The molecule has 6 aliphatic rings. The summed E-state index contributed by atoms with van der Waals surface area (Å²) >= 11 is 0. The highest BCUT2D eigenvalue weighted by molar-refractivity contribution is 5.90. The number of fused-ring (bicyclic) bond motifs is 2. The van der Waals surface area contributed by atoms with E-state index in [0.717, 1.165) is 30.6 Å². The van der Waals surface area contributed by atoms with Crippen LogP contribution in [0.3, 0.4) is 0 Å². The van der Waals surface area contributed by atoms with Crippen molar-refractivity contribution in [1.29, 1.82) is 0 Å². The third-order valence-electron chi connectivity index (χ3n) is 11.0. The smallest absolute Gasteiger partial charge is 0.331 e. The zero-order valence-electron chi connectivity index (χ0n) is 25.5. The lowest BCUT2D eigenvalue weighted by Crippen LogP contribution is -2.71. The van der Waals surface area contributed by atoms with Gasteiger partial charge in [0.25, 0.3) is 0 Å². The Morgan fingerprint density at radius 3 is 2.40 bits per heavy atom. The number of likely N-dealkylation sites (N-methyl/N-ethyl adjacent to an activating group) is 1. The molecule has 43 heavy (non-hydrogen) atoms. The standard InChI is InChI=1S/C34H38N2O7/c1-7-20-18-36-24-16-22(20)34(32(38)42-6)27(36)17-33(21-10-8-9-11-23(21)35(2)30(24)33)31(34)43-28(37)13-12-19-14-25(39-3)29(41-5)26(15-19)40-4/h7-15,22,24,27,30-31H,16-18H2,1-6H3/t22-,24-,27-,30+,31-,33+,34+/m0/s1. The molecule has 226 valence electrons. The largest absolute Gasteiger partial charge is 0.493 e. The number of hydrogen-bond donors (Lipinski definition) is 0.